The van der Waals surface area contributed by atoms with Crippen LogP contribution in [0, 0.1) is 5.82 Å². The largest absolute Gasteiger partial charge is 0.366 e. The van der Waals surface area contributed by atoms with Crippen molar-refractivity contribution >= 4 is 29.1 Å². The summed E-state index contributed by atoms with van der Waals surface area (Å²) in [4.78, 5) is 15.2. The Hall–Kier alpha value is -2.15. The van der Waals surface area contributed by atoms with E-state index in [1.54, 1.807) is 0 Å². The van der Waals surface area contributed by atoms with E-state index in [4.69, 9.17) is 17.3 Å². The maximum absolute atomic E-state index is 12.9. The normalized spacial score (nSPS) is 10.2. The van der Waals surface area contributed by atoms with Gasteiger partial charge in [0, 0.05) is 5.69 Å². The predicted molar refractivity (Wildman–Crippen MR) is 60.2 cm³/mol. The number of aromatic nitrogens is 3. The number of benzene rings is 1. The highest BCUT2D eigenvalue weighted by Crippen LogP contribution is 2.19. The van der Waals surface area contributed by atoms with E-state index in [2.05, 4.69) is 20.5 Å². The molecule has 1 aromatic heterocycles. The Kier molecular flexibility index (Phi) is 2.92. The lowest BCUT2D eigenvalue weighted by molar-refractivity contribution is 0.101. The van der Waals surface area contributed by atoms with Crippen molar-refractivity contribution in [2.45, 2.75) is 0 Å². The van der Waals surface area contributed by atoms with Gasteiger partial charge in [0.25, 0.3) is 5.91 Å². The number of halogens is 2. The fourth-order valence-corrected chi connectivity index (χ4v) is 1.32. The van der Waals surface area contributed by atoms with E-state index in [9.17, 15) is 9.18 Å². The zero-order valence-corrected chi connectivity index (χ0v) is 9.12. The Balaban J connectivity index is 2.15. The van der Waals surface area contributed by atoms with Gasteiger partial charge in [0.2, 0.25) is 11.8 Å². The van der Waals surface area contributed by atoms with Crippen LogP contribution in [0.5, 0.6) is 0 Å². The average Bonchev–Trinajstić information content (AvgIpc) is 2.70. The molecule has 0 radical (unpaired) electrons. The second kappa shape index (κ2) is 4.38. The molecule has 88 valence electrons. The third-order valence-electron chi connectivity index (χ3n) is 1.90. The molecule has 0 fully saturated rings. The summed E-state index contributed by atoms with van der Waals surface area (Å²) in [5.41, 5.74) is 5.59. The molecule has 0 saturated heterocycles. The van der Waals surface area contributed by atoms with Crippen LogP contribution in [-0.2, 0) is 0 Å². The number of nitrogens with one attached hydrogen (secondary N) is 2. The van der Waals surface area contributed by atoms with Crippen LogP contribution in [0.3, 0.4) is 0 Å². The van der Waals surface area contributed by atoms with Crippen LogP contribution in [0.2, 0.25) is 5.02 Å². The van der Waals surface area contributed by atoms with Gasteiger partial charge >= 0.3 is 0 Å². The van der Waals surface area contributed by atoms with E-state index >= 15 is 0 Å². The quantitative estimate of drug-likeness (QED) is 0.756. The lowest BCUT2D eigenvalue weighted by atomic mass is 10.3. The van der Waals surface area contributed by atoms with E-state index in [1.165, 1.54) is 12.1 Å². The van der Waals surface area contributed by atoms with Crippen LogP contribution in [0.25, 0.3) is 0 Å². The molecule has 0 saturated carbocycles. The van der Waals surface area contributed by atoms with Crippen molar-refractivity contribution in [3.8, 4) is 0 Å². The summed E-state index contributed by atoms with van der Waals surface area (Å²) in [7, 11) is 0. The molecule has 1 heterocycles. The predicted octanol–water partition coefficient (Wildman–Crippen LogP) is 1.43. The van der Waals surface area contributed by atoms with Crippen molar-refractivity contribution in [2.24, 2.45) is 0 Å². The summed E-state index contributed by atoms with van der Waals surface area (Å²) in [6.45, 7) is 0. The first kappa shape index (κ1) is 11.3. The number of aromatic amines is 1. The standard InChI is InChI=1S/C9H7ClFN5O/c10-5-3-4(1-2-6(5)11)13-8(17)7-14-9(12)16-15-7/h1-3H,(H,13,17)(H3,12,14,15,16). The highest BCUT2D eigenvalue weighted by Gasteiger charge is 2.11. The number of hydrogen-bond donors (Lipinski definition) is 3. The van der Waals surface area contributed by atoms with Gasteiger partial charge in [-0.3, -0.25) is 9.89 Å². The molecule has 0 aliphatic carbocycles. The lowest BCUT2D eigenvalue weighted by Gasteiger charge is -2.03. The molecule has 0 spiro atoms. The smallest absolute Gasteiger partial charge is 0.293 e. The van der Waals surface area contributed by atoms with E-state index in [0.29, 0.717) is 5.69 Å². The average molecular weight is 256 g/mol. The maximum atomic E-state index is 12.9. The summed E-state index contributed by atoms with van der Waals surface area (Å²) < 4.78 is 12.9. The maximum Gasteiger partial charge on any atom is 0.293 e. The summed E-state index contributed by atoms with van der Waals surface area (Å²) in [6.07, 6.45) is 0. The number of hydrogen-bond acceptors (Lipinski definition) is 4. The summed E-state index contributed by atoms with van der Waals surface area (Å²) in [5.74, 6) is -1.18. The number of anilines is 2. The Morgan fingerprint density at radius 1 is 1.53 bits per heavy atom. The number of amides is 1. The summed E-state index contributed by atoms with van der Waals surface area (Å²) in [6, 6.07) is 3.81. The molecule has 0 atom stereocenters. The van der Waals surface area contributed by atoms with Gasteiger partial charge in [-0.25, -0.2) is 4.39 Å². The van der Waals surface area contributed by atoms with E-state index < -0.39 is 11.7 Å². The molecule has 0 unspecified atom stereocenters. The number of carbonyl (C=O) groups excluding carboxylic acids is 1. The molecule has 1 amide bonds. The van der Waals surface area contributed by atoms with Gasteiger partial charge in [0.05, 0.1) is 5.02 Å². The van der Waals surface area contributed by atoms with Crippen LogP contribution in [-0.4, -0.2) is 21.1 Å². The van der Waals surface area contributed by atoms with E-state index in [1.807, 2.05) is 0 Å². The molecule has 6 nitrogen and oxygen atoms in total. The number of carbonyl (C=O) groups is 1. The number of nitrogen functional groups attached to an aromatic ring is 1. The number of H-pyrrole nitrogens is 1. The molecule has 0 aliphatic rings. The van der Waals surface area contributed by atoms with Crippen molar-refractivity contribution in [3.05, 3.63) is 34.9 Å². The highest BCUT2D eigenvalue weighted by atomic mass is 35.5. The first-order valence-corrected chi connectivity index (χ1v) is 4.88. The minimum atomic E-state index is -0.562. The van der Waals surface area contributed by atoms with Crippen molar-refractivity contribution < 1.29 is 9.18 Å². The van der Waals surface area contributed by atoms with Gasteiger partial charge in [0.1, 0.15) is 5.82 Å². The van der Waals surface area contributed by atoms with Crippen molar-refractivity contribution in [3.63, 3.8) is 0 Å². The van der Waals surface area contributed by atoms with Crippen LogP contribution in [0.15, 0.2) is 18.2 Å². The summed E-state index contributed by atoms with van der Waals surface area (Å²) in [5, 5.41) is 8.23. The minimum Gasteiger partial charge on any atom is -0.366 e. The van der Waals surface area contributed by atoms with Gasteiger partial charge in [-0.05, 0) is 18.2 Å². The third-order valence-corrected chi connectivity index (χ3v) is 2.18. The van der Waals surface area contributed by atoms with Crippen LogP contribution in [0.1, 0.15) is 10.6 Å². The second-order valence-corrected chi connectivity index (χ2v) is 3.53. The molecule has 0 aliphatic heterocycles. The van der Waals surface area contributed by atoms with Gasteiger partial charge in [-0.15, -0.1) is 5.10 Å². The molecule has 2 rings (SSSR count). The fourth-order valence-electron chi connectivity index (χ4n) is 1.14. The molecule has 1 aromatic carbocycles. The zero-order chi connectivity index (χ0) is 12.4. The summed E-state index contributed by atoms with van der Waals surface area (Å²) >= 11 is 5.57. The fraction of sp³-hybridized carbons (Fsp3) is 0. The Morgan fingerprint density at radius 3 is 2.88 bits per heavy atom. The number of nitrogens with two attached hydrogens (primary N) is 1. The van der Waals surface area contributed by atoms with Gasteiger partial charge in [-0.2, -0.15) is 4.98 Å². The second-order valence-electron chi connectivity index (χ2n) is 3.13. The lowest BCUT2D eigenvalue weighted by Crippen LogP contribution is -2.13. The topological polar surface area (TPSA) is 96.7 Å². The number of nitrogens with zero attached hydrogens (tertiary/aromatic N) is 2. The zero-order valence-electron chi connectivity index (χ0n) is 8.37. The van der Waals surface area contributed by atoms with Gasteiger partial charge in [0.15, 0.2) is 0 Å². The molecule has 8 heteroatoms. The Morgan fingerprint density at radius 2 is 2.29 bits per heavy atom. The first-order chi connectivity index (χ1) is 8.06. The molecule has 4 N–H and O–H groups in total. The number of rotatable bonds is 2. The first-order valence-electron chi connectivity index (χ1n) is 4.50. The van der Waals surface area contributed by atoms with Crippen molar-refractivity contribution in [1.29, 1.82) is 0 Å². The molecular formula is C9H7ClFN5O. The van der Waals surface area contributed by atoms with Crippen LogP contribution in [0.4, 0.5) is 16.0 Å². The van der Waals surface area contributed by atoms with Crippen LogP contribution < -0.4 is 11.1 Å². The minimum absolute atomic E-state index is 0.0349. The SMILES string of the molecule is Nc1n[nH]c(C(=O)Nc2ccc(F)c(Cl)c2)n1. The molecular weight excluding hydrogens is 249 g/mol. The van der Waals surface area contributed by atoms with Crippen molar-refractivity contribution in [2.75, 3.05) is 11.1 Å². The Bertz CT molecular complexity index is 570. The third kappa shape index (κ3) is 2.51. The molecule has 2 aromatic rings. The van der Waals surface area contributed by atoms with E-state index in [0.717, 1.165) is 6.07 Å². The Labute approximate surface area is 100.0 Å². The molecule has 17 heavy (non-hydrogen) atoms. The van der Waals surface area contributed by atoms with Crippen LogP contribution >= 0.6 is 11.6 Å². The molecule has 0 bridgehead atoms. The van der Waals surface area contributed by atoms with E-state index in [-0.39, 0.29) is 16.8 Å². The van der Waals surface area contributed by atoms with Gasteiger partial charge < -0.3 is 11.1 Å². The van der Waals surface area contributed by atoms with Gasteiger partial charge in [-0.1, -0.05) is 11.6 Å². The monoisotopic (exact) mass is 255 g/mol. The highest BCUT2D eigenvalue weighted by molar-refractivity contribution is 6.31. The van der Waals surface area contributed by atoms with Crippen molar-refractivity contribution in [1.82, 2.24) is 15.2 Å².